The van der Waals surface area contributed by atoms with E-state index in [0.717, 1.165) is 45.6 Å². The van der Waals surface area contributed by atoms with E-state index >= 15 is 0 Å². The third-order valence-corrected chi connectivity index (χ3v) is 8.32. The number of hydrogen-bond donors (Lipinski definition) is 1. The molecule has 0 aliphatic heterocycles. The Morgan fingerprint density at radius 2 is 2.17 bits per heavy atom. The number of halogens is 1. The molecule has 3 aromatic rings. The second kappa shape index (κ2) is 11.2. The van der Waals surface area contributed by atoms with Gasteiger partial charge in [-0.2, -0.15) is 0 Å². The molecule has 8 heteroatoms. The third kappa shape index (κ3) is 5.86. The molecule has 4 rings (SSSR count). The molecule has 2 aromatic heterocycles. The van der Waals surface area contributed by atoms with Gasteiger partial charge in [-0.05, 0) is 88.8 Å². The molecule has 2 heterocycles. The highest BCUT2D eigenvalue weighted by Gasteiger charge is 2.33. The molecule has 6 nitrogen and oxygen atoms in total. The van der Waals surface area contributed by atoms with Gasteiger partial charge in [0.2, 0.25) is 0 Å². The fourth-order valence-corrected chi connectivity index (χ4v) is 6.45. The van der Waals surface area contributed by atoms with Crippen LogP contribution >= 0.6 is 27.3 Å². The minimum absolute atomic E-state index is 0.115. The summed E-state index contributed by atoms with van der Waals surface area (Å²) in [5, 5.41) is 3.76. The van der Waals surface area contributed by atoms with Gasteiger partial charge < -0.3 is 19.2 Å². The number of rotatable bonds is 8. The zero-order chi connectivity index (χ0) is 25.9. The second-order valence-electron chi connectivity index (χ2n) is 9.98. The Morgan fingerprint density at radius 1 is 1.36 bits per heavy atom. The van der Waals surface area contributed by atoms with Crippen LogP contribution in [-0.2, 0) is 19.4 Å². The molecule has 36 heavy (non-hydrogen) atoms. The maximum Gasteiger partial charge on any atom is 0.255 e. The van der Waals surface area contributed by atoms with Crippen molar-refractivity contribution in [3.63, 3.8) is 0 Å². The van der Waals surface area contributed by atoms with Crippen molar-refractivity contribution in [1.82, 2.24) is 5.32 Å². The lowest BCUT2D eigenvalue weighted by atomic mass is 9.72. The summed E-state index contributed by atoms with van der Waals surface area (Å²) in [4.78, 5) is 19.5. The smallest absolute Gasteiger partial charge is 0.255 e. The molecule has 1 atom stereocenters. The Balaban J connectivity index is 1.68. The monoisotopic (exact) mass is 572 g/mol. The number of carbonyl (C=O) groups excluding carboxylic acids is 1. The number of amides is 1. The number of carbonyl (C=O) groups is 1. The molecule has 0 fully saturated rings. The molecule has 1 amide bonds. The SMILES string of the molecule is CCOc1cc(C=Nc2sc3c(c2C(=O)NCc2ccco2)CC[C@H](C(C)(C)C)C3)cc(Br)c1OC. The predicted molar refractivity (Wildman–Crippen MR) is 148 cm³/mol. The summed E-state index contributed by atoms with van der Waals surface area (Å²) in [7, 11) is 1.62. The Morgan fingerprint density at radius 3 is 2.83 bits per heavy atom. The molecular weight excluding hydrogens is 540 g/mol. The zero-order valence-corrected chi connectivity index (χ0v) is 23.8. The number of hydrogen-bond acceptors (Lipinski definition) is 6. The lowest BCUT2D eigenvalue weighted by Gasteiger charge is -2.33. The van der Waals surface area contributed by atoms with Crippen LogP contribution in [0.2, 0.25) is 0 Å². The fourth-order valence-electron chi connectivity index (χ4n) is 4.56. The van der Waals surface area contributed by atoms with Crippen LogP contribution in [0.25, 0.3) is 0 Å². The van der Waals surface area contributed by atoms with Crippen LogP contribution in [0, 0.1) is 11.3 Å². The number of aliphatic imine (C=N–C) groups is 1. The van der Waals surface area contributed by atoms with Gasteiger partial charge in [0, 0.05) is 11.1 Å². The first-order valence-corrected chi connectivity index (χ1v) is 13.8. The minimum atomic E-state index is -0.115. The van der Waals surface area contributed by atoms with Gasteiger partial charge in [0.1, 0.15) is 10.8 Å². The molecule has 1 aliphatic rings. The van der Waals surface area contributed by atoms with Gasteiger partial charge in [0.25, 0.3) is 5.91 Å². The molecule has 1 aliphatic carbocycles. The molecule has 1 aromatic carbocycles. The van der Waals surface area contributed by atoms with Gasteiger partial charge in [-0.25, -0.2) is 4.99 Å². The quantitative estimate of drug-likeness (QED) is 0.286. The first-order valence-electron chi connectivity index (χ1n) is 12.2. The summed E-state index contributed by atoms with van der Waals surface area (Å²) in [5.74, 6) is 2.47. The highest BCUT2D eigenvalue weighted by atomic mass is 79.9. The van der Waals surface area contributed by atoms with Gasteiger partial charge in [-0.3, -0.25) is 4.79 Å². The van der Waals surface area contributed by atoms with Crippen molar-refractivity contribution in [3.8, 4) is 11.5 Å². The molecule has 0 bridgehead atoms. The van der Waals surface area contributed by atoms with E-state index in [0.29, 0.717) is 36.1 Å². The molecule has 1 N–H and O–H groups in total. The van der Waals surface area contributed by atoms with E-state index in [-0.39, 0.29) is 11.3 Å². The Labute approximate surface area is 225 Å². The Kier molecular flexibility index (Phi) is 8.25. The first kappa shape index (κ1) is 26.5. The lowest BCUT2D eigenvalue weighted by molar-refractivity contribution is 0.0947. The molecule has 192 valence electrons. The number of fused-ring (bicyclic) bond motifs is 1. The van der Waals surface area contributed by atoms with Crippen LogP contribution in [0.15, 0.2) is 44.4 Å². The van der Waals surface area contributed by atoms with Crippen LogP contribution in [0.1, 0.15) is 66.2 Å². The van der Waals surface area contributed by atoms with Gasteiger partial charge in [-0.1, -0.05) is 20.8 Å². The highest BCUT2D eigenvalue weighted by Crippen LogP contribution is 2.45. The van der Waals surface area contributed by atoms with Gasteiger partial charge in [0.05, 0.1) is 36.6 Å². The minimum Gasteiger partial charge on any atom is -0.492 e. The van der Waals surface area contributed by atoms with Crippen molar-refractivity contribution in [2.24, 2.45) is 16.3 Å². The van der Waals surface area contributed by atoms with Crippen molar-refractivity contribution in [1.29, 1.82) is 0 Å². The Hall–Kier alpha value is -2.58. The number of ether oxygens (including phenoxy) is 2. The van der Waals surface area contributed by atoms with Crippen molar-refractivity contribution >= 4 is 44.4 Å². The molecular formula is C28H33BrN2O4S. The average molecular weight is 574 g/mol. The summed E-state index contributed by atoms with van der Waals surface area (Å²) in [6, 6.07) is 7.51. The summed E-state index contributed by atoms with van der Waals surface area (Å²) >= 11 is 5.20. The van der Waals surface area contributed by atoms with Gasteiger partial charge in [-0.15, -0.1) is 11.3 Å². The number of thiophene rings is 1. The van der Waals surface area contributed by atoms with Crippen molar-refractivity contribution < 1.29 is 18.7 Å². The standard InChI is InChI=1S/C28H33BrN2O4S/c1-6-34-22-13-17(12-21(29)25(22)33-5)15-31-27-24(26(32)30-16-19-8-7-11-35-19)20-10-9-18(28(2,3)4)14-23(20)36-27/h7-8,11-13,15,18H,6,9-10,14,16H2,1-5H3,(H,30,32)/t18-/m0/s1. The highest BCUT2D eigenvalue weighted by molar-refractivity contribution is 9.10. The number of nitrogens with one attached hydrogen (secondary N) is 1. The van der Waals surface area contributed by atoms with E-state index in [1.54, 1.807) is 30.9 Å². The van der Waals surface area contributed by atoms with E-state index in [4.69, 9.17) is 18.9 Å². The topological polar surface area (TPSA) is 73.1 Å². The van der Waals surface area contributed by atoms with E-state index in [1.807, 2.05) is 31.2 Å². The number of furan rings is 1. The molecule has 0 radical (unpaired) electrons. The number of benzene rings is 1. The van der Waals surface area contributed by atoms with E-state index < -0.39 is 0 Å². The van der Waals surface area contributed by atoms with Crippen LogP contribution in [0.3, 0.4) is 0 Å². The van der Waals surface area contributed by atoms with Crippen molar-refractivity contribution in [3.05, 3.63) is 62.3 Å². The van der Waals surface area contributed by atoms with Crippen LogP contribution in [0.4, 0.5) is 5.00 Å². The molecule has 0 spiro atoms. The molecule has 0 saturated heterocycles. The summed E-state index contributed by atoms with van der Waals surface area (Å²) < 4.78 is 17.4. The molecule has 0 unspecified atom stereocenters. The zero-order valence-electron chi connectivity index (χ0n) is 21.4. The summed E-state index contributed by atoms with van der Waals surface area (Å²) in [6.45, 7) is 9.68. The molecule has 0 saturated carbocycles. The average Bonchev–Trinajstić information content (AvgIpc) is 3.48. The van der Waals surface area contributed by atoms with Gasteiger partial charge in [0.15, 0.2) is 11.5 Å². The largest absolute Gasteiger partial charge is 0.492 e. The normalized spacial score (nSPS) is 15.7. The maximum absolute atomic E-state index is 13.4. The number of methoxy groups -OCH3 is 1. The Bertz CT molecular complexity index is 1240. The van der Waals surface area contributed by atoms with Crippen LogP contribution < -0.4 is 14.8 Å². The second-order valence-corrected chi connectivity index (χ2v) is 11.9. The third-order valence-electron chi connectivity index (χ3n) is 6.57. The van der Waals surface area contributed by atoms with Crippen molar-refractivity contribution in [2.45, 2.75) is 53.5 Å². The fraction of sp³-hybridized carbons (Fsp3) is 0.429. The predicted octanol–water partition coefficient (Wildman–Crippen LogP) is 7.34. The number of nitrogens with zero attached hydrogens (tertiary/aromatic N) is 1. The van der Waals surface area contributed by atoms with E-state index in [1.165, 1.54) is 4.88 Å². The van der Waals surface area contributed by atoms with Crippen LogP contribution in [-0.4, -0.2) is 25.8 Å². The summed E-state index contributed by atoms with van der Waals surface area (Å²) in [6.07, 6.45) is 6.32. The summed E-state index contributed by atoms with van der Waals surface area (Å²) in [5.41, 5.74) is 2.89. The van der Waals surface area contributed by atoms with E-state index in [2.05, 4.69) is 42.0 Å². The first-order chi connectivity index (χ1) is 17.2. The van der Waals surface area contributed by atoms with Crippen molar-refractivity contribution in [2.75, 3.05) is 13.7 Å². The van der Waals surface area contributed by atoms with Gasteiger partial charge >= 0.3 is 0 Å². The van der Waals surface area contributed by atoms with E-state index in [9.17, 15) is 4.79 Å². The lowest BCUT2D eigenvalue weighted by Crippen LogP contribution is -2.28. The van der Waals surface area contributed by atoms with Crippen LogP contribution in [0.5, 0.6) is 11.5 Å². The maximum atomic E-state index is 13.4.